The molecule has 0 aliphatic heterocycles. The minimum absolute atomic E-state index is 0.0664. The molecule has 4 rings (SSSR count). The molecule has 0 saturated heterocycles. The number of nitro benzene ring substituents is 1. The average molecular weight is 571 g/mol. The van der Waals surface area contributed by atoms with Crippen molar-refractivity contribution in [2.24, 2.45) is 0 Å². The highest BCUT2D eigenvalue weighted by atomic mass is 35.5. The normalized spacial score (nSPS) is 12.1. The van der Waals surface area contributed by atoms with Crippen molar-refractivity contribution < 1.29 is 9.35 Å². The highest BCUT2D eigenvalue weighted by Crippen LogP contribution is 2.37. The molecule has 3 aromatic heterocycles. The molecule has 4 aromatic rings. The molecule has 12 heteroatoms. The van der Waals surface area contributed by atoms with Gasteiger partial charge in [0.2, 0.25) is 0 Å². The van der Waals surface area contributed by atoms with Crippen LogP contribution in [-0.2, 0) is 10.8 Å². The third-order valence-electron chi connectivity index (χ3n) is 6.75. The van der Waals surface area contributed by atoms with Crippen molar-refractivity contribution >= 4 is 48.4 Å². The molecule has 0 bridgehead atoms. The third-order valence-corrected chi connectivity index (χ3v) is 12.3. The first-order valence-corrected chi connectivity index (χ1v) is 16.3. The van der Waals surface area contributed by atoms with Crippen molar-refractivity contribution in [1.82, 2.24) is 19.7 Å². The summed E-state index contributed by atoms with van der Waals surface area (Å²) in [5.41, 5.74) is 3.33. The molecule has 38 heavy (non-hydrogen) atoms. The van der Waals surface area contributed by atoms with E-state index in [0.29, 0.717) is 24.5 Å². The first-order valence-electron chi connectivity index (χ1n) is 12.2. The van der Waals surface area contributed by atoms with E-state index in [2.05, 4.69) is 44.2 Å². The van der Waals surface area contributed by atoms with Crippen LogP contribution in [0.1, 0.15) is 32.0 Å². The summed E-state index contributed by atoms with van der Waals surface area (Å²) in [4.78, 5) is 20.4. The highest BCUT2D eigenvalue weighted by molar-refractivity contribution is 7.13. The minimum atomic E-state index is -1.99. The van der Waals surface area contributed by atoms with Crippen LogP contribution in [0, 0.1) is 17.0 Å². The number of nitrogens with zero attached hydrogens (tertiary/aromatic N) is 5. The van der Waals surface area contributed by atoms with Gasteiger partial charge < -0.3 is 9.74 Å². The van der Waals surface area contributed by atoms with Crippen LogP contribution >= 0.6 is 22.9 Å². The second-order valence-electron chi connectivity index (χ2n) is 10.5. The van der Waals surface area contributed by atoms with E-state index in [1.54, 1.807) is 23.0 Å². The Morgan fingerprint density at radius 1 is 1.24 bits per heavy atom. The van der Waals surface area contributed by atoms with E-state index < -0.39 is 13.2 Å². The fraction of sp³-hybridized carbons (Fsp3) is 0.346. The van der Waals surface area contributed by atoms with Gasteiger partial charge >= 0.3 is 0 Å². The number of nitrogens with one attached hydrogen (secondary N) is 1. The lowest BCUT2D eigenvalue weighted by atomic mass is 10.1. The Hall–Kier alpha value is -3.12. The topological polar surface area (TPSA) is 108 Å². The molecular weight excluding hydrogens is 540 g/mol. The van der Waals surface area contributed by atoms with Crippen LogP contribution in [0.3, 0.4) is 0 Å². The van der Waals surface area contributed by atoms with Gasteiger partial charge in [-0.2, -0.15) is 5.10 Å². The lowest BCUT2D eigenvalue weighted by molar-refractivity contribution is -0.383. The van der Waals surface area contributed by atoms with Gasteiger partial charge in [0.15, 0.2) is 8.32 Å². The molecule has 0 atom stereocenters. The maximum atomic E-state index is 11.7. The number of aryl methyl sites for hydroxylation is 1. The van der Waals surface area contributed by atoms with Crippen LogP contribution in [0.25, 0.3) is 16.4 Å². The summed E-state index contributed by atoms with van der Waals surface area (Å²) in [6, 6.07) is 8.41. The van der Waals surface area contributed by atoms with E-state index in [9.17, 15) is 10.1 Å². The van der Waals surface area contributed by atoms with E-state index in [-0.39, 0.29) is 15.7 Å². The molecule has 1 aromatic carbocycles. The summed E-state index contributed by atoms with van der Waals surface area (Å²) in [5.74, 6) is 0.510. The third kappa shape index (κ3) is 6.12. The number of nitro groups is 1. The van der Waals surface area contributed by atoms with E-state index in [1.807, 2.05) is 30.6 Å². The van der Waals surface area contributed by atoms with Gasteiger partial charge in [-0.15, -0.1) is 11.3 Å². The van der Waals surface area contributed by atoms with Crippen molar-refractivity contribution in [3.05, 3.63) is 74.5 Å². The molecule has 0 radical (unpaired) electrons. The first kappa shape index (κ1) is 27.9. The molecule has 3 heterocycles. The van der Waals surface area contributed by atoms with Crippen molar-refractivity contribution in [2.45, 2.75) is 52.2 Å². The minimum Gasteiger partial charge on any atom is -0.416 e. The number of aromatic nitrogens is 4. The Balaban J connectivity index is 1.77. The molecule has 0 saturated carbocycles. The summed E-state index contributed by atoms with van der Waals surface area (Å²) in [6.45, 7) is 13.4. The number of hydrogen-bond acceptors (Lipinski definition) is 8. The largest absolute Gasteiger partial charge is 0.416 e. The van der Waals surface area contributed by atoms with Gasteiger partial charge in [-0.3, -0.25) is 10.1 Å². The van der Waals surface area contributed by atoms with Gasteiger partial charge in [-0.25, -0.2) is 14.6 Å². The smallest absolute Gasteiger partial charge is 0.294 e. The molecule has 1 N–H and O–H groups in total. The molecule has 0 fully saturated rings. The zero-order valence-electron chi connectivity index (χ0n) is 22.3. The van der Waals surface area contributed by atoms with Crippen LogP contribution in [0.5, 0.6) is 0 Å². The molecule has 0 amide bonds. The summed E-state index contributed by atoms with van der Waals surface area (Å²) in [5, 5.41) is 22.8. The van der Waals surface area contributed by atoms with Gasteiger partial charge in [-0.05, 0) is 49.3 Å². The molecular formula is C26H31ClN6O3SSi. The van der Waals surface area contributed by atoms with Crippen LogP contribution < -0.4 is 5.32 Å². The molecule has 0 spiro atoms. The summed E-state index contributed by atoms with van der Waals surface area (Å²) in [7, 11) is -1.99. The van der Waals surface area contributed by atoms with E-state index in [4.69, 9.17) is 26.1 Å². The second-order valence-corrected chi connectivity index (χ2v) is 16.6. The van der Waals surface area contributed by atoms with Crippen molar-refractivity contribution in [1.29, 1.82) is 0 Å². The standard InChI is InChI=1S/C26H31ClN6O3SSi/c1-17-15-22(32-12-9-21(31-32)25-28-11-14-37-25)19(10-13-36-38(5,6)26(2,3)4)24(29-17)30-20-8-7-18(27)16-23(20)33(34)35/h7-9,11-12,14-16H,10,13H2,1-6H3,(H,29,30). The molecule has 200 valence electrons. The van der Waals surface area contributed by atoms with Crippen LogP contribution in [0.15, 0.2) is 48.1 Å². The van der Waals surface area contributed by atoms with Crippen molar-refractivity contribution in [3.8, 4) is 16.4 Å². The fourth-order valence-corrected chi connectivity index (χ4v) is 5.49. The zero-order chi connectivity index (χ0) is 27.7. The number of hydrogen-bond donors (Lipinski definition) is 1. The van der Waals surface area contributed by atoms with E-state index in [0.717, 1.165) is 27.6 Å². The number of pyridine rings is 1. The monoisotopic (exact) mass is 570 g/mol. The SMILES string of the molecule is Cc1cc(-n2ccc(-c3nccs3)n2)c(CCO[Si](C)(C)C(C)(C)C)c(Nc2ccc(Cl)cc2[N+](=O)[O-])n1. The van der Waals surface area contributed by atoms with Crippen molar-refractivity contribution in [3.63, 3.8) is 0 Å². The van der Waals surface area contributed by atoms with E-state index >= 15 is 0 Å². The Morgan fingerprint density at radius 3 is 2.66 bits per heavy atom. The van der Waals surface area contributed by atoms with Gasteiger partial charge in [0.1, 0.15) is 22.2 Å². The number of rotatable bonds is 9. The zero-order valence-corrected chi connectivity index (χ0v) is 24.9. The second kappa shape index (κ2) is 10.9. The lowest BCUT2D eigenvalue weighted by Crippen LogP contribution is -2.41. The summed E-state index contributed by atoms with van der Waals surface area (Å²) >= 11 is 7.56. The maximum absolute atomic E-state index is 11.7. The summed E-state index contributed by atoms with van der Waals surface area (Å²) in [6.07, 6.45) is 4.17. The van der Waals surface area contributed by atoms with Crippen LogP contribution in [0.4, 0.5) is 17.2 Å². The molecule has 0 aliphatic rings. The molecule has 0 unspecified atom stereocenters. The van der Waals surface area contributed by atoms with Crippen molar-refractivity contribution in [2.75, 3.05) is 11.9 Å². The average Bonchev–Trinajstić information content (AvgIpc) is 3.52. The predicted molar refractivity (Wildman–Crippen MR) is 155 cm³/mol. The number of halogens is 1. The highest BCUT2D eigenvalue weighted by Gasteiger charge is 2.37. The lowest BCUT2D eigenvalue weighted by Gasteiger charge is -2.36. The Labute approximate surface area is 232 Å². The number of thiazole rings is 1. The maximum Gasteiger partial charge on any atom is 0.294 e. The fourth-order valence-electron chi connectivity index (χ4n) is 3.67. The molecule has 9 nitrogen and oxygen atoms in total. The number of benzene rings is 1. The Morgan fingerprint density at radius 2 is 2.00 bits per heavy atom. The quantitative estimate of drug-likeness (QED) is 0.125. The molecule has 0 aliphatic carbocycles. The first-order chi connectivity index (χ1) is 17.9. The summed E-state index contributed by atoms with van der Waals surface area (Å²) < 4.78 is 8.29. The van der Waals surface area contributed by atoms with Crippen LogP contribution in [-0.4, -0.2) is 39.6 Å². The number of anilines is 2. The Kier molecular flexibility index (Phi) is 8.03. The predicted octanol–water partition coefficient (Wildman–Crippen LogP) is 7.57. The van der Waals surface area contributed by atoms with Gasteiger partial charge in [0, 0.05) is 53.1 Å². The van der Waals surface area contributed by atoms with Crippen LogP contribution in [0.2, 0.25) is 23.2 Å². The van der Waals surface area contributed by atoms with E-state index in [1.165, 1.54) is 17.4 Å². The Bertz CT molecular complexity index is 1450. The van der Waals surface area contributed by atoms with Gasteiger partial charge in [0.25, 0.3) is 5.69 Å². The van der Waals surface area contributed by atoms with Gasteiger partial charge in [-0.1, -0.05) is 32.4 Å². The van der Waals surface area contributed by atoms with Gasteiger partial charge in [0.05, 0.1) is 10.6 Å².